The van der Waals surface area contributed by atoms with Gasteiger partial charge in [0.15, 0.2) is 0 Å². The Kier molecular flexibility index (Phi) is 11.1. The monoisotopic (exact) mass is 603 g/mol. The van der Waals surface area contributed by atoms with E-state index >= 15 is 0 Å². The van der Waals surface area contributed by atoms with Crippen LogP contribution in [0.5, 0.6) is 0 Å². The first-order valence-electron chi connectivity index (χ1n) is 13.1. The summed E-state index contributed by atoms with van der Waals surface area (Å²) in [5, 5.41) is 0. The third-order valence-corrected chi connectivity index (χ3v) is 10.6. The molecular weight excluding hydrogens is 566 g/mol. The van der Waals surface area contributed by atoms with Crippen molar-refractivity contribution >= 4 is 32.5 Å². The van der Waals surface area contributed by atoms with E-state index in [0.717, 1.165) is 16.7 Å². The van der Waals surface area contributed by atoms with Gasteiger partial charge in [0, 0.05) is 39.3 Å². The summed E-state index contributed by atoms with van der Waals surface area (Å²) in [6.45, 7) is 10.4. The van der Waals surface area contributed by atoms with E-state index in [2.05, 4.69) is 11.5 Å². The van der Waals surface area contributed by atoms with Crippen LogP contribution < -0.4 is 0 Å². The Morgan fingerprint density at radius 2 is 1.12 bits per heavy atom. The highest BCUT2D eigenvalue weighted by Crippen LogP contribution is 2.22. The molecule has 0 N–H and O–H groups in total. The van der Waals surface area contributed by atoms with Gasteiger partial charge in [-0.05, 0) is 62.2 Å². The van der Waals surface area contributed by atoms with Crippen molar-refractivity contribution in [3.63, 3.8) is 0 Å². The second-order valence-corrected chi connectivity index (χ2v) is 14.0. The largest absolute Gasteiger partial charge is 0.298 e. The molecule has 0 atom stereocenters. The predicted molar refractivity (Wildman–Crippen MR) is 163 cm³/mol. The highest BCUT2D eigenvalue weighted by Gasteiger charge is 2.30. The molecule has 216 valence electrons. The van der Waals surface area contributed by atoms with Crippen molar-refractivity contribution in [3.05, 3.63) is 108 Å². The Morgan fingerprint density at radius 3 is 1.62 bits per heavy atom. The maximum absolute atomic E-state index is 13.7. The van der Waals surface area contributed by atoms with Crippen molar-refractivity contribution in [3.8, 4) is 0 Å². The molecule has 1 saturated heterocycles. The Hall–Kier alpha value is -2.53. The highest BCUT2D eigenvalue weighted by atomic mass is 35.5. The molecule has 0 amide bonds. The van der Waals surface area contributed by atoms with Gasteiger partial charge in [0.25, 0.3) is 0 Å². The van der Waals surface area contributed by atoms with E-state index in [4.69, 9.17) is 0 Å². The molecule has 3 aromatic rings. The summed E-state index contributed by atoms with van der Waals surface area (Å²) in [5.74, 6) is 0. The van der Waals surface area contributed by atoms with Crippen LogP contribution in [-0.2, 0) is 26.6 Å². The lowest BCUT2D eigenvalue weighted by molar-refractivity contribution is 0.240. The van der Waals surface area contributed by atoms with Crippen LogP contribution in [0.15, 0.2) is 101 Å². The number of sulfonamides is 2. The summed E-state index contributed by atoms with van der Waals surface area (Å²) in [7, 11) is -7.61. The lowest BCUT2D eigenvalue weighted by Gasteiger charge is -2.27. The Morgan fingerprint density at radius 1 is 0.650 bits per heavy atom. The second-order valence-electron chi connectivity index (χ2n) is 10.2. The summed E-state index contributed by atoms with van der Waals surface area (Å²) >= 11 is 0. The topological polar surface area (TPSA) is 78.0 Å². The minimum absolute atomic E-state index is 0. The van der Waals surface area contributed by atoms with Gasteiger partial charge in [-0.1, -0.05) is 72.3 Å². The summed E-state index contributed by atoms with van der Waals surface area (Å²) in [4.78, 5) is 2.63. The second kappa shape index (κ2) is 13.9. The first-order chi connectivity index (χ1) is 18.6. The van der Waals surface area contributed by atoms with E-state index in [-0.39, 0.29) is 41.8 Å². The maximum Gasteiger partial charge on any atom is 0.243 e. The Labute approximate surface area is 245 Å². The summed E-state index contributed by atoms with van der Waals surface area (Å²) in [6, 6.07) is 23.6. The maximum atomic E-state index is 13.7. The van der Waals surface area contributed by atoms with Crippen LogP contribution in [0.25, 0.3) is 0 Å². The fraction of sp³-hybridized carbons (Fsp3) is 0.333. The van der Waals surface area contributed by atoms with Crippen molar-refractivity contribution in [2.24, 2.45) is 0 Å². The number of aryl methyl sites for hydroxylation is 2. The molecule has 7 nitrogen and oxygen atoms in total. The molecule has 10 heteroatoms. The third-order valence-electron chi connectivity index (χ3n) is 6.91. The third kappa shape index (κ3) is 8.02. The lowest BCUT2D eigenvalue weighted by Crippen LogP contribution is -2.40. The van der Waals surface area contributed by atoms with Gasteiger partial charge in [0.05, 0.1) is 9.79 Å². The van der Waals surface area contributed by atoms with Crippen LogP contribution in [0.1, 0.15) is 23.1 Å². The molecular formula is C30H38ClN3O4S2. The van der Waals surface area contributed by atoms with Crippen molar-refractivity contribution < 1.29 is 16.8 Å². The number of nitrogens with zero attached hydrogens (tertiary/aromatic N) is 3. The van der Waals surface area contributed by atoms with Crippen LogP contribution in [0, 0.1) is 13.8 Å². The molecule has 1 aliphatic heterocycles. The standard InChI is InChI=1S/C30H37N3O4S2.ClH/c1-25-10-14-29(15-11-25)38(34,35)32-19-7-18-31(24-28-8-5-4-6-9-28)20-21-33(23-27(3)22-32)39(36,37)30-16-12-26(2)13-17-30;/h4-6,8-17H,3,7,18-24H2,1-2H3;1H. The van der Waals surface area contributed by atoms with Crippen molar-refractivity contribution in [1.82, 2.24) is 13.5 Å². The fourth-order valence-electron chi connectivity index (χ4n) is 4.67. The highest BCUT2D eigenvalue weighted by molar-refractivity contribution is 7.89. The van der Waals surface area contributed by atoms with Gasteiger partial charge in [-0.25, -0.2) is 16.8 Å². The smallest absolute Gasteiger partial charge is 0.243 e. The molecule has 0 radical (unpaired) electrons. The summed E-state index contributed by atoms with van der Waals surface area (Å²) in [5.41, 5.74) is 3.60. The zero-order chi connectivity index (χ0) is 28.0. The Bertz CT molecular complexity index is 1480. The molecule has 40 heavy (non-hydrogen) atoms. The zero-order valence-electron chi connectivity index (χ0n) is 23.1. The van der Waals surface area contributed by atoms with Gasteiger partial charge >= 0.3 is 0 Å². The van der Waals surface area contributed by atoms with E-state index in [1.807, 2.05) is 44.2 Å². The van der Waals surface area contributed by atoms with Crippen LogP contribution in [0.4, 0.5) is 0 Å². The molecule has 1 fully saturated rings. The van der Waals surface area contributed by atoms with Gasteiger partial charge in [-0.15, -0.1) is 12.4 Å². The van der Waals surface area contributed by atoms with Gasteiger partial charge in [-0.3, -0.25) is 4.90 Å². The molecule has 4 rings (SSSR count). The molecule has 0 unspecified atom stereocenters. The molecule has 0 bridgehead atoms. The van der Waals surface area contributed by atoms with Crippen LogP contribution >= 0.6 is 12.4 Å². The minimum atomic E-state index is -3.82. The fourth-order valence-corrected chi connectivity index (χ4v) is 7.62. The van der Waals surface area contributed by atoms with Crippen molar-refractivity contribution in [1.29, 1.82) is 0 Å². The SMILES string of the molecule is C=C1CN(S(=O)(=O)c2ccc(C)cc2)CCCN(Cc2ccccc2)CCN(S(=O)(=O)c2ccc(C)cc2)C1.Cl. The van der Waals surface area contributed by atoms with Gasteiger partial charge in [-0.2, -0.15) is 8.61 Å². The van der Waals surface area contributed by atoms with Crippen LogP contribution in [0.3, 0.4) is 0 Å². The van der Waals surface area contributed by atoms with Gasteiger partial charge < -0.3 is 0 Å². The van der Waals surface area contributed by atoms with Crippen LogP contribution in [0.2, 0.25) is 0 Å². The van der Waals surface area contributed by atoms with Crippen LogP contribution in [-0.4, -0.2) is 69.6 Å². The number of hydrogen-bond donors (Lipinski definition) is 0. The number of benzene rings is 3. The molecule has 0 spiro atoms. The van der Waals surface area contributed by atoms with Crippen molar-refractivity contribution in [2.45, 2.75) is 36.6 Å². The average Bonchev–Trinajstić information content (AvgIpc) is 2.94. The molecule has 0 saturated carbocycles. The van der Waals surface area contributed by atoms with E-state index in [1.54, 1.807) is 48.5 Å². The molecule has 1 heterocycles. The average molecular weight is 604 g/mol. The summed E-state index contributed by atoms with van der Waals surface area (Å²) in [6.07, 6.45) is 0.607. The zero-order valence-corrected chi connectivity index (χ0v) is 25.5. The van der Waals surface area contributed by atoms with E-state index in [0.29, 0.717) is 38.2 Å². The predicted octanol–water partition coefficient (Wildman–Crippen LogP) is 4.87. The molecule has 3 aromatic carbocycles. The first-order valence-corrected chi connectivity index (χ1v) is 16.0. The number of rotatable bonds is 6. The first kappa shape index (κ1) is 32.0. The van der Waals surface area contributed by atoms with Gasteiger partial charge in [0.2, 0.25) is 20.0 Å². The lowest BCUT2D eigenvalue weighted by atomic mass is 10.2. The van der Waals surface area contributed by atoms with E-state index < -0.39 is 20.0 Å². The Balaban J connectivity index is 0.00000441. The number of hydrogen-bond acceptors (Lipinski definition) is 5. The van der Waals surface area contributed by atoms with E-state index in [9.17, 15) is 16.8 Å². The normalized spacial score (nSPS) is 17.1. The number of halogens is 1. The van der Waals surface area contributed by atoms with E-state index in [1.165, 1.54) is 8.61 Å². The molecule has 0 aromatic heterocycles. The quantitative estimate of drug-likeness (QED) is 0.376. The van der Waals surface area contributed by atoms with Gasteiger partial charge in [0.1, 0.15) is 0 Å². The minimum Gasteiger partial charge on any atom is -0.298 e. The van der Waals surface area contributed by atoms with Crippen molar-refractivity contribution in [2.75, 3.05) is 39.3 Å². The summed E-state index contributed by atoms with van der Waals surface area (Å²) < 4.78 is 57.6. The molecule has 0 aliphatic carbocycles. The molecule has 1 aliphatic rings.